The van der Waals surface area contributed by atoms with E-state index in [0.29, 0.717) is 48.6 Å². The first-order valence-corrected chi connectivity index (χ1v) is 14.3. The van der Waals surface area contributed by atoms with Gasteiger partial charge < -0.3 is 19.1 Å². The van der Waals surface area contributed by atoms with Crippen LogP contribution in [0.1, 0.15) is 58.4 Å². The summed E-state index contributed by atoms with van der Waals surface area (Å²) in [5.41, 5.74) is 2.40. The molecule has 1 atom stereocenters. The van der Waals surface area contributed by atoms with Crippen molar-refractivity contribution >= 4 is 29.4 Å². The molecule has 3 aromatic carbocycles. The summed E-state index contributed by atoms with van der Waals surface area (Å²) in [7, 11) is 1.35. The number of benzene rings is 3. The third-order valence-corrected chi connectivity index (χ3v) is 7.53. The molecule has 0 saturated carbocycles. The molecule has 0 saturated heterocycles. The maximum Gasteiger partial charge on any atom is 0.310 e. The van der Waals surface area contributed by atoms with Gasteiger partial charge in [0.2, 0.25) is 0 Å². The summed E-state index contributed by atoms with van der Waals surface area (Å²) in [6.45, 7) is 1.16. The highest BCUT2D eigenvalue weighted by Crippen LogP contribution is 2.35. The lowest BCUT2D eigenvalue weighted by Gasteiger charge is -2.34. The number of unbranched alkanes of at least 4 members (excludes halogenated alkanes) is 3. The van der Waals surface area contributed by atoms with Crippen molar-refractivity contribution in [2.45, 2.75) is 44.6 Å². The van der Waals surface area contributed by atoms with Gasteiger partial charge in [-0.05, 0) is 43.2 Å². The zero-order valence-electron chi connectivity index (χ0n) is 23.6. The summed E-state index contributed by atoms with van der Waals surface area (Å²) in [5.74, 6) is 0.295. The van der Waals surface area contributed by atoms with Gasteiger partial charge in [-0.1, -0.05) is 55.3 Å². The molecule has 9 heteroatoms. The Morgan fingerprint density at radius 1 is 0.786 bits per heavy atom. The van der Waals surface area contributed by atoms with Crippen LogP contribution >= 0.6 is 0 Å². The van der Waals surface area contributed by atoms with Crippen LogP contribution in [0.5, 0.6) is 11.5 Å². The molecule has 1 unspecified atom stereocenters. The Hall–Kier alpha value is -4.66. The van der Waals surface area contributed by atoms with Crippen molar-refractivity contribution in [3.63, 3.8) is 0 Å². The Morgan fingerprint density at radius 2 is 1.40 bits per heavy atom. The second kappa shape index (κ2) is 13.3. The van der Waals surface area contributed by atoms with E-state index in [9.17, 15) is 19.2 Å². The Bertz CT molecular complexity index is 1440. The van der Waals surface area contributed by atoms with Crippen LogP contribution in [0, 0.1) is 0 Å². The molecule has 9 nitrogen and oxygen atoms in total. The van der Waals surface area contributed by atoms with Crippen LogP contribution in [-0.2, 0) is 20.7 Å². The van der Waals surface area contributed by atoms with Gasteiger partial charge in [0, 0.05) is 25.1 Å². The van der Waals surface area contributed by atoms with Gasteiger partial charge in [0.05, 0.1) is 37.0 Å². The first-order chi connectivity index (χ1) is 20.5. The van der Waals surface area contributed by atoms with Crippen LogP contribution in [0.4, 0.5) is 5.69 Å². The van der Waals surface area contributed by atoms with Gasteiger partial charge in [-0.2, -0.15) is 0 Å². The summed E-state index contributed by atoms with van der Waals surface area (Å²) < 4.78 is 16.8. The molecule has 0 radical (unpaired) electrons. The molecule has 0 N–H and O–H groups in total. The van der Waals surface area contributed by atoms with Gasteiger partial charge in [0.25, 0.3) is 17.7 Å². The number of fused-ring (bicyclic) bond motifs is 2. The van der Waals surface area contributed by atoms with Crippen LogP contribution in [0.25, 0.3) is 0 Å². The third-order valence-electron chi connectivity index (χ3n) is 7.53. The third kappa shape index (κ3) is 6.30. The SMILES string of the molecule is COC(=O)Cc1ccccc1OCCC1Oc2ccccc2N(CCCCCCN2C(=O)c3ccccc3C2=O)C1=O. The summed E-state index contributed by atoms with van der Waals surface area (Å²) in [5, 5.41) is 0. The number of para-hydroxylation sites is 3. The fourth-order valence-electron chi connectivity index (χ4n) is 5.32. The van der Waals surface area contributed by atoms with Crippen molar-refractivity contribution in [3.8, 4) is 11.5 Å². The second-order valence-electron chi connectivity index (χ2n) is 10.3. The molecular formula is C33H34N2O7. The number of nitrogens with zero attached hydrogens (tertiary/aromatic N) is 2. The highest BCUT2D eigenvalue weighted by atomic mass is 16.5. The summed E-state index contributed by atoms with van der Waals surface area (Å²) in [4.78, 5) is 53.4. The van der Waals surface area contributed by atoms with Crippen molar-refractivity contribution < 1.29 is 33.4 Å². The molecule has 3 aromatic rings. The molecule has 0 fully saturated rings. The molecule has 2 aliphatic heterocycles. The van der Waals surface area contributed by atoms with E-state index < -0.39 is 6.10 Å². The van der Waals surface area contributed by atoms with E-state index >= 15 is 0 Å². The lowest BCUT2D eigenvalue weighted by atomic mass is 10.1. The number of esters is 1. The van der Waals surface area contributed by atoms with E-state index in [-0.39, 0.29) is 36.7 Å². The van der Waals surface area contributed by atoms with Gasteiger partial charge in [0.15, 0.2) is 6.10 Å². The molecule has 2 heterocycles. The number of ether oxygens (including phenoxy) is 3. The number of methoxy groups -OCH3 is 1. The normalized spacial score (nSPS) is 15.7. The standard InChI is InChI=1S/C33H34N2O7/c1-40-30(36)22-23-12-4-8-16-27(23)41-21-18-29-33(39)34(26-15-7-9-17-28(26)42-29)19-10-2-3-11-20-35-31(37)24-13-5-6-14-25(24)32(35)38/h4-9,12-17,29H,2-3,10-11,18-22H2,1H3. The molecule has 5 rings (SSSR count). The molecule has 218 valence electrons. The number of anilines is 1. The van der Waals surface area contributed by atoms with E-state index in [1.807, 2.05) is 42.5 Å². The number of amides is 3. The Balaban J connectivity index is 1.11. The minimum absolute atomic E-state index is 0.102. The van der Waals surface area contributed by atoms with E-state index in [2.05, 4.69) is 0 Å². The number of rotatable bonds is 13. The monoisotopic (exact) mass is 570 g/mol. The quantitative estimate of drug-likeness (QED) is 0.165. The maximum absolute atomic E-state index is 13.5. The average molecular weight is 571 g/mol. The van der Waals surface area contributed by atoms with Crippen LogP contribution in [-0.4, -0.2) is 61.5 Å². The zero-order valence-corrected chi connectivity index (χ0v) is 23.6. The lowest BCUT2D eigenvalue weighted by molar-refractivity contribution is -0.139. The lowest BCUT2D eigenvalue weighted by Crippen LogP contribution is -2.47. The Kier molecular flexibility index (Phi) is 9.16. The van der Waals surface area contributed by atoms with Crippen molar-refractivity contribution in [1.82, 2.24) is 4.90 Å². The fraction of sp³-hybridized carbons (Fsp3) is 0.333. The molecule has 2 aliphatic rings. The topological polar surface area (TPSA) is 102 Å². The van der Waals surface area contributed by atoms with E-state index in [1.165, 1.54) is 12.0 Å². The molecule has 0 bridgehead atoms. The van der Waals surface area contributed by atoms with Crippen LogP contribution in [0.2, 0.25) is 0 Å². The largest absolute Gasteiger partial charge is 0.493 e. The van der Waals surface area contributed by atoms with Gasteiger partial charge in [0.1, 0.15) is 11.5 Å². The zero-order chi connectivity index (χ0) is 29.5. The maximum atomic E-state index is 13.5. The summed E-state index contributed by atoms with van der Waals surface area (Å²) in [6.07, 6.45) is 2.91. The van der Waals surface area contributed by atoms with Crippen LogP contribution < -0.4 is 14.4 Å². The molecule has 42 heavy (non-hydrogen) atoms. The predicted octanol–water partition coefficient (Wildman–Crippen LogP) is 4.82. The van der Waals surface area contributed by atoms with E-state index in [1.54, 1.807) is 35.2 Å². The minimum atomic E-state index is -0.693. The Labute approximate surface area is 245 Å². The molecule has 0 aromatic heterocycles. The van der Waals surface area contributed by atoms with E-state index in [0.717, 1.165) is 30.5 Å². The summed E-state index contributed by atoms with van der Waals surface area (Å²) >= 11 is 0. The first kappa shape index (κ1) is 28.9. The van der Waals surface area contributed by atoms with Gasteiger partial charge in [-0.25, -0.2) is 0 Å². The van der Waals surface area contributed by atoms with Crippen molar-refractivity contribution in [3.05, 3.63) is 89.5 Å². The average Bonchev–Trinajstić information content (AvgIpc) is 3.25. The van der Waals surface area contributed by atoms with Gasteiger partial charge in [-0.15, -0.1) is 0 Å². The predicted molar refractivity (Wildman–Crippen MR) is 156 cm³/mol. The summed E-state index contributed by atoms with van der Waals surface area (Å²) in [6, 6.07) is 21.7. The van der Waals surface area contributed by atoms with Crippen LogP contribution in [0.15, 0.2) is 72.8 Å². The fourth-order valence-corrected chi connectivity index (χ4v) is 5.32. The van der Waals surface area contributed by atoms with Crippen molar-refractivity contribution in [1.29, 1.82) is 0 Å². The smallest absolute Gasteiger partial charge is 0.310 e. The Morgan fingerprint density at radius 3 is 2.12 bits per heavy atom. The van der Waals surface area contributed by atoms with Crippen molar-refractivity contribution in [2.24, 2.45) is 0 Å². The molecule has 0 aliphatic carbocycles. The highest BCUT2D eigenvalue weighted by Gasteiger charge is 2.35. The highest BCUT2D eigenvalue weighted by molar-refractivity contribution is 6.21. The van der Waals surface area contributed by atoms with Crippen LogP contribution in [0.3, 0.4) is 0 Å². The molecular weight excluding hydrogens is 536 g/mol. The van der Waals surface area contributed by atoms with Crippen molar-refractivity contribution in [2.75, 3.05) is 31.7 Å². The number of carbonyl (C=O) groups is 4. The number of imide groups is 1. The number of hydrogen-bond acceptors (Lipinski definition) is 7. The van der Waals surface area contributed by atoms with Gasteiger partial charge in [-0.3, -0.25) is 24.1 Å². The van der Waals surface area contributed by atoms with E-state index in [4.69, 9.17) is 14.2 Å². The first-order valence-electron chi connectivity index (χ1n) is 14.3. The molecule has 3 amide bonds. The second-order valence-corrected chi connectivity index (χ2v) is 10.3. The number of carbonyl (C=O) groups excluding carboxylic acids is 4. The molecule has 0 spiro atoms. The number of hydrogen-bond donors (Lipinski definition) is 0. The van der Waals surface area contributed by atoms with Gasteiger partial charge >= 0.3 is 5.97 Å². The minimum Gasteiger partial charge on any atom is -0.493 e.